The fourth-order valence-electron chi connectivity index (χ4n) is 10.2. The van der Waals surface area contributed by atoms with Crippen molar-refractivity contribution in [3.05, 3.63) is 229 Å². The molecule has 83 heavy (non-hydrogen) atoms. The summed E-state index contributed by atoms with van der Waals surface area (Å²) in [6.45, 7) is 11.6. The average molecular weight is 1130 g/mol. The third-order valence-electron chi connectivity index (χ3n) is 14.4. The number of nitrogens with zero attached hydrogens (tertiary/aromatic N) is 3. The fourth-order valence-corrected chi connectivity index (χ4v) is 10.2. The molecule has 0 aliphatic carbocycles. The zero-order chi connectivity index (χ0) is 81.4. The lowest BCUT2D eigenvalue weighted by atomic mass is 9.86. The molecule has 6 aromatic carbocycles. The van der Waals surface area contributed by atoms with E-state index in [-0.39, 0.29) is 39.3 Å². The quantitative estimate of drug-likeness (QED) is 0.121. The lowest BCUT2D eigenvalue weighted by Crippen LogP contribution is -2.31. The first-order chi connectivity index (χ1) is 48.4. The Hall–Kier alpha value is -7.23. The van der Waals surface area contributed by atoms with Crippen LogP contribution in [0.3, 0.4) is 0 Å². The van der Waals surface area contributed by atoms with Crippen LogP contribution in [0.1, 0.15) is 172 Å². The van der Waals surface area contributed by atoms with Crippen molar-refractivity contribution in [2.75, 3.05) is 0 Å². The van der Waals surface area contributed by atoms with E-state index in [2.05, 4.69) is 0 Å². The normalized spacial score (nSPS) is 17.3. The van der Waals surface area contributed by atoms with Gasteiger partial charge in [0.2, 0.25) is 17.1 Å². The summed E-state index contributed by atoms with van der Waals surface area (Å²) in [5, 5.41) is 0. The van der Waals surface area contributed by atoms with Gasteiger partial charge in [0.25, 0.3) is 0 Å². The molecule has 0 saturated carbocycles. The molecule has 3 nitrogen and oxygen atoms in total. The van der Waals surface area contributed by atoms with Crippen LogP contribution in [0.4, 0.5) is 0 Å². The molecular formula is C80H100N3+3. The van der Waals surface area contributed by atoms with E-state index in [0.717, 1.165) is 50.5 Å². The van der Waals surface area contributed by atoms with Crippen LogP contribution in [0.15, 0.2) is 146 Å². The van der Waals surface area contributed by atoms with E-state index < -0.39 is 71.1 Å². The summed E-state index contributed by atoms with van der Waals surface area (Å²) in [5.41, 5.74) is 13.7. The van der Waals surface area contributed by atoms with E-state index in [1.54, 1.807) is 165 Å². The van der Waals surface area contributed by atoms with Gasteiger partial charge in [-0.05, 0) is 237 Å². The topological polar surface area (TPSA) is 11.6 Å². The van der Waals surface area contributed by atoms with Gasteiger partial charge in [-0.2, -0.15) is 0 Å². The van der Waals surface area contributed by atoms with E-state index in [9.17, 15) is 0 Å². The summed E-state index contributed by atoms with van der Waals surface area (Å²) in [6, 6.07) is 37.0. The van der Waals surface area contributed by atoms with Crippen molar-refractivity contribution in [3.8, 4) is 67.2 Å². The summed E-state index contributed by atoms with van der Waals surface area (Å²) in [7, 11) is 5.33. The maximum Gasteiger partial charge on any atom is 0.212 e. The highest BCUT2D eigenvalue weighted by molar-refractivity contribution is 5.79. The third-order valence-corrected chi connectivity index (χ3v) is 14.4. The molecule has 3 heteroatoms. The Balaban J connectivity index is 0.000000224. The Bertz CT molecular complexity index is 4590. The van der Waals surface area contributed by atoms with Gasteiger partial charge in [-0.15, -0.1) is 0 Å². The second-order valence-corrected chi connectivity index (χ2v) is 24.5. The number of benzene rings is 6. The zero-order valence-electron chi connectivity index (χ0n) is 75.8. The monoisotopic (exact) mass is 1130 g/mol. The molecule has 0 saturated heterocycles. The minimum Gasteiger partial charge on any atom is -0.201 e. The number of aromatic nitrogens is 3. The summed E-state index contributed by atoms with van der Waals surface area (Å²) < 4.78 is 201. The molecule has 0 amide bonds. The van der Waals surface area contributed by atoms with Gasteiger partial charge in [0.1, 0.15) is 21.1 Å². The van der Waals surface area contributed by atoms with Gasteiger partial charge in [-0.25, -0.2) is 13.7 Å². The summed E-state index contributed by atoms with van der Waals surface area (Å²) in [6.07, 6.45) is -0.0266. The average Bonchev–Trinajstić information content (AvgIpc) is 0.762. The van der Waals surface area contributed by atoms with E-state index in [1.807, 2.05) is 113 Å². The lowest BCUT2D eigenvalue weighted by molar-refractivity contribution is -0.660. The van der Waals surface area contributed by atoms with Crippen LogP contribution in [0.25, 0.3) is 67.2 Å². The standard InChI is InChI=1S/2C27H34N.C26H32N/c2*1-18-13-26(28(8)17-21(18)4)25-15-24(19(2)12-20(25)3)23-11-9-10-22(14-23)16-27(5,6)7;1-17(2)11-22-9-8-10-23(14-22)24-15-25(20(5)12-19(24)4)26-13-18(3)21(6)16-27(26)7/h2*9-15,17H,16H2,1-8H3;8-10,12-17H,11H2,1-7H3/q3*+1/i2*2D3,4D3,16D2;4D3,6D3,11D2. The molecule has 0 radical (unpaired) electrons. The minimum absolute atomic E-state index is 0.190. The van der Waals surface area contributed by atoms with Gasteiger partial charge in [0, 0.05) is 84.5 Å². The molecule has 3 heterocycles. The Labute approximate surface area is 536 Å². The number of hydrogen-bond donors (Lipinski definition) is 0. The van der Waals surface area contributed by atoms with Gasteiger partial charge in [-0.3, -0.25) is 0 Å². The Morgan fingerprint density at radius 3 is 0.916 bits per heavy atom. The Morgan fingerprint density at radius 2 is 0.639 bits per heavy atom. The van der Waals surface area contributed by atoms with Crippen LogP contribution in [0.5, 0.6) is 0 Å². The highest BCUT2D eigenvalue weighted by Crippen LogP contribution is 2.36. The first-order valence-corrected chi connectivity index (χ1v) is 28.3. The maximum absolute atomic E-state index is 8.69. The fraction of sp³-hybridized carbons (Fsp3) is 0.362. The smallest absolute Gasteiger partial charge is 0.201 e. The van der Waals surface area contributed by atoms with Crippen LogP contribution < -0.4 is 13.7 Å². The predicted octanol–water partition coefficient (Wildman–Crippen LogP) is 19.6. The lowest BCUT2D eigenvalue weighted by Gasteiger charge is -2.19. The molecule has 3 aromatic heterocycles. The molecule has 0 bridgehead atoms. The van der Waals surface area contributed by atoms with Gasteiger partial charge < -0.3 is 0 Å². The molecule has 432 valence electrons. The highest BCUT2D eigenvalue weighted by Gasteiger charge is 2.22. The molecule has 0 N–H and O–H groups in total. The van der Waals surface area contributed by atoms with Gasteiger partial charge in [-0.1, -0.05) is 146 Å². The molecule has 0 atom stereocenters. The molecule has 9 rings (SSSR count). The van der Waals surface area contributed by atoms with Gasteiger partial charge in [0.15, 0.2) is 18.6 Å². The molecule has 9 aromatic rings. The molecule has 0 aliphatic rings. The van der Waals surface area contributed by atoms with Crippen molar-refractivity contribution in [2.24, 2.45) is 37.9 Å². The highest BCUT2D eigenvalue weighted by atomic mass is 14.9. The Kier molecular flexibility index (Phi) is 11.9. The van der Waals surface area contributed by atoms with Crippen molar-refractivity contribution in [2.45, 2.75) is 157 Å². The van der Waals surface area contributed by atoms with Crippen LogP contribution in [-0.4, -0.2) is 0 Å². The predicted molar refractivity (Wildman–Crippen MR) is 357 cm³/mol. The zero-order valence-corrected chi connectivity index (χ0v) is 51.8. The SMILES string of the molecule is [2H]C([2H])([2H])c1c[n+](C)c(-c2cc(-c3cccc(C([2H])([2H])C(C)(C)C)c3)c(C([2H])([2H])[2H])cc2C)cc1C.[2H]C([2H])([2H])c1c[n+](C)c(-c2cc(-c3cccc(C([2H])([2H])C(C)(C)C)c3)c(C([2H])([2H])[2H])cc2C)cc1C.[2H]C([2H])([2H])c1c[n+](C)c(-c2cc(-c3cccc(C([2H])([2H])C(C)C)c3)c(C([2H])([2H])[2H])cc2C)cc1C. The molecule has 0 fully saturated rings. The summed E-state index contributed by atoms with van der Waals surface area (Å²) in [5.74, 6) is -0.257. The maximum atomic E-state index is 8.69. The van der Waals surface area contributed by atoms with Crippen molar-refractivity contribution in [1.29, 1.82) is 0 Å². The second-order valence-electron chi connectivity index (χ2n) is 24.5. The van der Waals surface area contributed by atoms with Crippen LogP contribution in [0, 0.1) is 99.4 Å². The molecular weight excluding hydrogens is 1000 g/mol. The van der Waals surface area contributed by atoms with E-state index in [4.69, 9.17) is 32.9 Å². The van der Waals surface area contributed by atoms with E-state index in [1.165, 1.54) is 0 Å². The van der Waals surface area contributed by atoms with Crippen LogP contribution in [-0.2, 0) is 40.3 Å². The second kappa shape index (κ2) is 26.1. The van der Waals surface area contributed by atoms with Crippen molar-refractivity contribution >= 4 is 0 Å². The van der Waals surface area contributed by atoms with E-state index >= 15 is 0 Å². The van der Waals surface area contributed by atoms with Crippen LogP contribution >= 0.6 is 0 Å². The molecule has 0 unspecified atom stereocenters. The number of pyridine rings is 3. The largest absolute Gasteiger partial charge is 0.212 e. The number of hydrogen-bond acceptors (Lipinski definition) is 0. The van der Waals surface area contributed by atoms with Crippen LogP contribution in [0.2, 0.25) is 0 Å². The van der Waals surface area contributed by atoms with Crippen molar-refractivity contribution in [3.63, 3.8) is 0 Å². The number of rotatable bonds is 10. The summed E-state index contributed by atoms with van der Waals surface area (Å²) in [4.78, 5) is 0. The Morgan fingerprint density at radius 1 is 0.349 bits per heavy atom. The molecule has 0 aliphatic heterocycles. The van der Waals surface area contributed by atoms with Crippen molar-refractivity contribution in [1.82, 2.24) is 0 Å². The van der Waals surface area contributed by atoms with Gasteiger partial charge >= 0.3 is 0 Å². The number of aryl methyl sites for hydroxylation is 15. The van der Waals surface area contributed by atoms with Gasteiger partial charge in [0.05, 0.1) is 0 Å². The minimum atomic E-state index is -2.37. The van der Waals surface area contributed by atoms with E-state index in [0.29, 0.717) is 66.8 Å². The third kappa shape index (κ3) is 16.1. The summed E-state index contributed by atoms with van der Waals surface area (Å²) >= 11 is 0. The first kappa shape index (κ1) is 37.9. The van der Waals surface area contributed by atoms with Crippen molar-refractivity contribution < 1.29 is 46.6 Å². The molecule has 0 spiro atoms. The first-order valence-electron chi connectivity index (χ1n) is 40.3.